The summed E-state index contributed by atoms with van der Waals surface area (Å²) in [5, 5.41) is 9.96. The SMILES string of the molecule is COCCC(N)CC(O)c1ccc(C)cc1. The van der Waals surface area contributed by atoms with Gasteiger partial charge in [0, 0.05) is 19.8 Å². The van der Waals surface area contributed by atoms with Gasteiger partial charge in [0.2, 0.25) is 0 Å². The van der Waals surface area contributed by atoms with Gasteiger partial charge in [0.25, 0.3) is 0 Å². The standard InChI is InChI=1S/C13H21NO2/c1-10-3-5-11(6-4-10)13(15)9-12(14)7-8-16-2/h3-6,12-13,15H,7-9,14H2,1-2H3. The maximum Gasteiger partial charge on any atom is 0.0804 e. The fourth-order valence-corrected chi connectivity index (χ4v) is 1.60. The molecule has 0 aromatic heterocycles. The molecule has 1 rings (SSSR count). The highest BCUT2D eigenvalue weighted by Gasteiger charge is 2.12. The largest absolute Gasteiger partial charge is 0.388 e. The second-order valence-corrected chi connectivity index (χ2v) is 4.20. The monoisotopic (exact) mass is 223 g/mol. The Labute approximate surface area is 97.2 Å². The first-order chi connectivity index (χ1) is 7.63. The van der Waals surface area contributed by atoms with E-state index in [1.807, 2.05) is 31.2 Å². The zero-order valence-electron chi connectivity index (χ0n) is 10.0. The lowest BCUT2D eigenvalue weighted by Crippen LogP contribution is -2.24. The summed E-state index contributed by atoms with van der Waals surface area (Å²) in [6.07, 6.45) is 0.874. The second-order valence-electron chi connectivity index (χ2n) is 4.20. The van der Waals surface area contributed by atoms with E-state index in [9.17, 15) is 5.11 Å². The highest BCUT2D eigenvalue weighted by Crippen LogP contribution is 2.19. The Balaban J connectivity index is 2.45. The van der Waals surface area contributed by atoms with Gasteiger partial charge in [-0.05, 0) is 25.3 Å². The number of hydrogen-bond donors (Lipinski definition) is 2. The second kappa shape index (κ2) is 6.63. The molecule has 1 aromatic carbocycles. The summed E-state index contributed by atoms with van der Waals surface area (Å²) in [7, 11) is 1.66. The maximum atomic E-state index is 9.96. The van der Waals surface area contributed by atoms with Crippen molar-refractivity contribution < 1.29 is 9.84 Å². The number of ether oxygens (including phenoxy) is 1. The number of aliphatic hydroxyl groups excluding tert-OH is 1. The van der Waals surface area contributed by atoms with Crippen LogP contribution in [0.1, 0.15) is 30.1 Å². The predicted molar refractivity (Wildman–Crippen MR) is 65.2 cm³/mol. The van der Waals surface area contributed by atoms with E-state index in [0.717, 1.165) is 12.0 Å². The molecule has 0 aliphatic heterocycles. The van der Waals surface area contributed by atoms with E-state index in [2.05, 4.69) is 0 Å². The van der Waals surface area contributed by atoms with E-state index in [0.29, 0.717) is 13.0 Å². The van der Waals surface area contributed by atoms with Crippen molar-refractivity contribution in [2.24, 2.45) is 5.73 Å². The molecule has 0 fully saturated rings. The summed E-state index contributed by atoms with van der Waals surface area (Å²) in [5.74, 6) is 0. The Morgan fingerprint density at radius 3 is 2.50 bits per heavy atom. The van der Waals surface area contributed by atoms with Crippen LogP contribution in [0.3, 0.4) is 0 Å². The minimum Gasteiger partial charge on any atom is -0.388 e. The van der Waals surface area contributed by atoms with Crippen LogP contribution in [0.5, 0.6) is 0 Å². The number of hydrogen-bond acceptors (Lipinski definition) is 3. The third-order valence-electron chi connectivity index (χ3n) is 2.68. The molecule has 2 unspecified atom stereocenters. The molecule has 90 valence electrons. The lowest BCUT2D eigenvalue weighted by molar-refractivity contribution is 0.141. The Morgan fingerprint density at radius 2 is 1.94 bits per heavy atom. The van der Waals surface area contributed by atoms with Crippen LogP contribution < -0.4 is 5.73 Å². The van der Waals surface area contributed by atoms with E-state index < -0.39 is 6.10 Å². The van der Waals surface area contributed by atoms with Crippen molar-refractivity contribution in [3.63, 3.8) is 0 Å². The lowest BCUT2D eigenvalue weighted by atomic mass is 10.00. The third-order valence-corrected chi connectivity index (χ3v) is 2.68. The fraction of sp³-hybridized carbons (Fsp3) is 0.538. The third kappa shape index (κ3) is 4.31. The molecule has 0 bridgehead atoms. The van der Waals surface area contributed by atoms with Crippen molar-refractivity contribution in [1.82, 2.24) is 0 Å². The molecule has 0 amide bonds. The first-order valence-corrected chi connectivity index (χ1v) is 5.62. The normalized spacial score (nSPS) is 14.8. The molecule has 0 aliphatic carbocycles. The molecule has 16 heavy (non-hydrogen) atoms. The zero-order valence-corrected chi connectivity index (χ0v) is 10.0. The summed E-state index contributed by atoms with van der Waals surface area (Å²) in [5.41, 5.74) is 8.01. The number of nitrogens with two attached hydrogens (primary N) is 1. The Bertz CT molecular complexity index is 297. The topological polar surface area (TPSA) is 55.5 Å². The van der Waals surface area contributed by atoms with Crippen molar-refractivity contribution in [2.75, 3.05) is 13.7 Å². The summed E-state index contributed by atoms with van der Waals surface area (Å²) in [6, 6.07) is 7.88. The average Bonchev–Trinajstić information content (AvgIpc) is 2.27. The number of aliphatic hydroxyl groups is 1. The summed E-state index contributed by atoms with van der Waals surface area (Å²) in [4.78, 5) is 0. The van der Waals surface area contributed by atoms with Crippen LogP contribution in [0.25, 0.3) is 0 Å². The molecule has 0 aliphatic rings. The van der Waals surface area contributed by atoms with E-state index in [1.165, 1.54) is 5.56 Å². The van der Waals surface area contributed by atoms with Gasteiger partial charge in [-0.3, -0.25) is 0 Å². The molecule has 0 saturated carbocycles. The first kappa shape index (κ1) is 13.2. The van der Waals surface area contributed by atoms with Gasteiger partial charge in [0.1, 0.15) is 0 Å². The van der Waals surface area contributed by atoms with Crippen LogP contribution in [0.4, 0.5) is 0 Å². The molecular weight excluding hydrogens is 202 g/mol. The van der Waals surface area contributed by atoms with Crippen LogP contribution in [-0.2, 0) is 4.74 Å². The van der Waals surface area contributed by atoms with E-state index in [-0.39, 0.29) is 6.04 Å². The van der Waals surface area contributed by atoms with Gasteiger partial charge >= 0.3 is 0 Å². The van der Waals surface area contributed by atoms with Crippen LogP contribution in [0.2, 0.25) is 0 Å². The van der Waals surface area contributed by atoms with E-state index in [4.69, 9.17) is 10.5 Å². The van der Waals surface area contributed by atoms with Crippen molar-refractivity contribution in [3.8, 4) is 0 Å². The van der Waals surface area contributed by atoms with Gasteiger partial charge in [0.15, 0.2) is 0 Å². The van der Waals surface area contributed by atoms with Crippen LogP contribution in [-0.4, -0.2) is 24.9 Å². The molecule has 0 spiro atoms. The Kier molecular flexibility index (Phi) is 5.46. The molecule has 1 aromatic rings. The molecule has 2 atom stereocenters. The molecule has 0 saturated heterocycles. The van der Waals surface area contributed by atoms with Gasteiger partial charge < -0.3 is 15.6 Å². The molecule has 3 N–H and O–H groups in total. The summed E-state index contributed by atoms with van der Waals surface area (Å²) < 4.78 is 4.95. The maximum absolute atomic E-state index is 9.96. The van der Waals surface area contributed by atoms with Crippen LogP contribution in [0.15, 0.2) is 24.3 Å². The number of benzene rings is 1. The molecular formula is C13H21NO2. The average molecular weight is 223 g/mol. The zero-order chi connectivity index (χ0) is 12.0. The molecule has 3 nitrogen and oxygen atoms in total. The summed E-state index contributed by atoms with van der Waals surface area (Å²) >= 11 is 0. The van der Waals surface area contributed by atoms with Crippen molar-refractivity contribution in [1.29, 1.82) is 0 Å². The molecule has 0 heterocycles. The number of methoxy groups -OCH3 is 1. The van der Waals surface area contributed by atoms with Gasteiger partial charge in [-0.25, -0.2) is 0 Å². The van der Waals surface area contributed by atoms with Gasteiger partial charge in [0.05, 0.1) is 6.10 Å². The Morgan fingerprint density at radius 1 is 1.31 bits per heavy atom. The van der Waals surface area contributed by atoms with Crippen molar-refractivity contribution in [2.45, 2.75) is 31.9 Å². The highest BCUT2D eigenvalue weighted by atomic mass is 16.5. The fourth-order valence-electron chi connectivity index (χ4n) is 1.60. The quantitative estimate of drug-likeness (QED) is 0.773. The van der Waals surface area contributed by atoms with E-state index >= 15 is 0 Å². The minimum absolute atomic E-state index is 0.0174. The van der Waals surface area contributed by atoms with Gasteiger partial charge in [-0.1, -0.05) is 29.8 Å². The number of aryl methyl sites for hydroxylation is 1. The smallest absolute Gasteiger partial charge is 0.0804 e. The number of rotatable bonds is 6. The first-order valence-electron chi connectivity index (χ1n) is 5.62. The summed E-state index contributed by atoms with van der Waals surface area (Å²) in [6.45, 7) is 2.67. The lowest BCUT2D eigenvalue weighted by Gasteiger charge is -2.16. The van der Waals surface area contributed by atoms with Crippen molar-refractivity contribution in [3.05, 3.63) is 35.4 Å². The highest BCUT2D eigenvalue weighted by molar-refractivity contribution is 5.23. The predicted octanol–water partition coefficient (Wildman–Crippen LogP) is 1.78. The van der Waals surface area contributed by atoms with Crippen LogP contribution >= 0.6 is 0 Å². The van der Waals surface area contributed by atoms with Gasteiger partial charge in [-0.2, -0.15) is 0 Å². The molecule has 3 heteroatoms. The van der Waals surface area contributed by atoms with Crippen LogP contribution in [0, 0.1) is 6.92 Å². The minimum atomic E-state index is -0.479. The van der Waals surface area contributed by atoms with Gasteiger partial charge in [-0.15, -0.1) is 0 Å². The van der Waals surface area contributed by atoms with Crippen molar-refractivity contribution >= 4 is 0 Å². The molecule has 0 radical (unpaired) electrons. The van der Waals surface area contributed by atoms with E-state index in [1.54, 1.807) is 7.11 Å². The Hall–Kier alpha value is -0.900.